The topological polar surface area (TPSA) is 35.2 Å². The van der Waals surface area contributed by atoms with Crippen LogP contribution in [0, 0.1) is 0 Å². The van der Waals surface area contributed by atoms with Crippen LogP contribution in [0.3, 0.4) is 0 Å². The van der Waals surface area contributed by atoms with E-state index < -0.39 is 0 Å². The van der Waals surface area contributed by atoms with Gasteiger partial charge in [-0.2, -0.15) is 0 Å². The van der Waals surface area contributed by atoms with Crippen molar-refractivity contribution in [3.63, 3.8) is 0 Å². The van der Waals surface area contributed by atoms with Gasteiger partial charge in [-0.25, -0.2) is 0 Å². The van der Waals surface area contributed by atoms with Crippen LogP contribution in [0.5, 0.6) is 5.75 Å². The predicted octanol–water partition coefficient (Wildman–Crippen LogP) is 8.22. The summed E-state index contributed by atoms with van der Waals surface area (Å²) >= 11 is 0. The quantitative estimate of drug-likeness (QED) is 0.210. The standard InChI is InChI=1S/C27H49NO/c1-2-3-4-5-6-7-8-9-10-11-12-13-14-15-16-17-25-29-27-22-20-26(21-23-27)19-18-24-28/h20-23H,2-19,24-25,28H2,1H3. The molecule has 0 fully saturated rings. The molecule has 0 aliphatic rings. The number of hydrogen-bond acceptors (Lipinski definition) is 2. The zero-order valence-corrected chi connectivity index (χ0v) is 19.4. The third kappa shape index (κ3) is 16.5. The predicted molar refractivity (Wildman–Crippen MR) is 129 cm³/mol. The molecule has 1 aromatic rings. The van der Waals surface area contributed by atoms with Crippen LogP contribution in [-0.2, 0) is 6.42 Å². The second kappa shape index (κ2) is 20.3. The fourth-order valence-electron chi connectivity index (χ4n) is 3.90. The van der Waals surface area contributed by atoms with Gasteiger partial charge in [-0.3, -0.25) is 0 Å². The van der Waals surface area contributed by atoms with Crippen molar-refractivity contribution in [1.29, 1.82) is 0 Å². The van der Waals surface area contributed by atoms with Crippen LogP contribution in [0.1, 0.15) is 122 Å². The van der Waals surface area contributed by atoms with E-state index in [1.165, 1.54) is 108 Å². The second-order valence-electron chi connectivity index (χ2n) is 8.69. The first-order valence-corrected chi connectivity index (χ1v) is 12.8. The zero-order chi connectivity index (χ0) is 20.8. The lowest BCUT2D eigenvalue weighted by atomic mass is 10.0. The molecule has 2 nitrogen and oxygen atoms in total. The van der Waals surface area contributed by atoms with Gasteiger partial charge >= 0.3 is 0 Å². The monoisotopic (exact) mass is 403 g/mol. The fraction of sp³-hybridized carbons (Fsp3) is 0.778. The second-order valence-corrected chi connectivity index (χ2v) is 8.69. The lowest BCUT2D eigenvalue weighted by molar-refractivity contribution is 0.304. The molecule has 0 unspecified atom stereocenters. The van der Waals surface area contributed by atoms with Gasteiger partial charge in [-0.05, 0) is 43.5 Å². The molecule has 0 saturated carbocycles. The molecule has 1 rings (SSSR count). The highest BCUT2D eigenvalue weighted by atomic mass is 16.5. The van der Waals surface area contributed by atoms with Crippen molar-refractivity contribution in [3.05, 3.63) is 29.8 Å². The van der Waals surface area contributed by atoms with E-state index in [9.17, 15) is 0 Å². The molecule has 168 valence electrons. The van der Waals surface area contributed by atoms with Crippen molar-refractivity contribution in [2.75, 3.05) is 13.2 Å². The smallest absolute Gasteiger partial charge is 0.119 e. The van der Waals surface area contributed by atoms with Crippen LogP contribution in [0.4, 0.5) is 0 Å². The van der Waals surface area contributed by atoms with Crippen molar-refractivity contribution in [1.82, 2.24) is 0 Å². The van der Waals surface area contributed by atoms with Crippen molar-refractivity contribution < 1.29 is 4.74 Å². The summed E-state index contributed by atoms with van der Waals surface area (Å²) in [5.41, 5.74) is 6.91. The molecule has 1 aromatic carbocycles. The Hall–Kier alpha value is -1.02. The van der Waals surface area contributed by atoms with Crippen LogP contribution >= 0.6 is 0 Å². The molecular weight excluding hydrogens is 354 g/mol. The minimum absolute atomic E-state index is 0.761. The van der Waals surface area contributed by atoms with Gasteiger partial charge in [0, 0.05) is 0 Å². The van der Waals surface area contributed by atoms with Crippen LogP contribution in [0.25, 0.3) is 0 Å². The summed E-state index contributed by atoms with van der Waals surface area (Å²) in [6, 6.07) is 8.52. The maximum atomic E-state index is 5.86. The number of benzene rings is 1. The number of aryl methyl sites for hydroxylation is 1. The van der Waals surface area contributed by atoms with E-state index in [-0.39, 0.29) is 0 Å². The first-order chi connectivity index (χ1) is 14.4. The summed E-state index contributed by atoms with van der Waals surface area (Å²) in [6.07, 6.45) is 24.6. The first-order valence-electron chi connectivity index (χ1n) is 12.8. The molecule has 0 radical (unpaired) electrons. The Morgan fingerprint density at radius 2 is 1.03 bits per heavy atom. The van der Waals surface area contributed by atoms with Gasteiger partial charge < -0.3 is 10.5 Å². The Morgan fingerprint density at radius 3 is 1.48 bits per heavy atom. The number of nitrogens with two attached hydrogens (primary N) is 1. The van der Waals surface area contributed by atoms with Crippen LogP contribution in [0.15, 0.2) is 24.3 Å². The number of hydrogen-bond donors (Lipinski definition) is 1. The minimum Gasteiger partial charge on any atom is -0.494 e. The molecule has 0 saturated heterocycles. The summed E-state index contributed by atoms with van der Waals surface area (Å²) < 4.78 is 5.86. The highest BCUT2D eigenvalue weighted by molar-refractivity contribution is 5.27. The van der Waals surface area contributed by atoms with E-state index in [1.807, 2.05) is 0 Å². The minimum atomic E-state index is 0.761. The first kappa shape index (κ1) is 26.0. The van der Waals surface area contributed by atoms with Crippen molar-refractivity contribution in [2.45, 2.75) is 122 Å². The average Bonchev–Trinajstić information content (AvgIpc) is 2.75. The van der Waals surface area contributed by atoms with Crippen molar-refractivity contribution in [2.24, 2.45) is 5.73 Å². The van der Waals surface area contributed by atoms with Gasteiger partial charge in [-0.1, -0.05) is 115 Å². The lowest BCUT2D eigenvalue weighted by Crippen LogP contribution is -2.00. The van der Waals surface area contributed by atoms with Crippen molar-refractivity contribution in [3.8, 4) is 5.75 Å². The maximum absolute atomic E-state index is 5.86. The summed E-state index contributed by atoms with van der Waals surface area (Å²) in [6.45, 7) is 3.90. The largest absolute Gasteiger partial charge is 0.494 e. The molecule has 0 bridgehead atoms. The van der Waals surface area contributed by atoms with Crippen molar-refractivity contribution >= 4 is 0 Å². The molecule has 2 N–H and O–H groups in total. The molecule has 2 heteroatoms. The maximum Gasteiger partial charge on any atom is 0.119 e. The molecule has 0 amide bonds. The number of unbranched alkanes of at least 4 members (excludes halogenated alkanes) is 15. The van der Waals surface area contributed by atoms with E-state index in [4.69, 9.17) is 10.5 Å². The Bertz CT molecular complexity index is 442. The summed E-state index contributed by atoms with van der Waals surface area (Å²) in [5.74, 6) is 1.00. The number of rotatable bonds is 21. The van der Waals surface area contributed by atoms with Gasteiger partial charge in [-0.15, -0.1) is 0 Å². The van der Waals surface area contributed by atoms with Crippen LogP contribution in [-0.4, -0.2) is 13.2 Å². The van der Waals surface area contributed by atoms with Gasteiger partial charge in [0.2, 0.25) is 0 Å². The third-order valence-corrected chi connectivity index (χ3v) is 5.86. The molecule has 0 spiro atoms. The van der Waals surface area contributed by atoms with E-state index in [0.29, 0.717) is 0 Å². The Kier molecular flexibility index (Phi) is 18.2. The molecule has 0 aromatic heterocycles. The molecular formula is C27H49NO. The van der Waals surface area contributed by atoms with E-state index >= 15 is 0 Å². The molecule has 0 atom stereocenters. The SMILES string of the molecule is CCCCCCCCCCCCCCCCCCOc1ccc(CCCN)cc1. The Morgan fingerprint density at radius 1 is 0.586 bits per heavy atom. The van der Waals surface area contributed by atoms with E-state index in [2.05, 4.69) is 31.2 Å². The fourth-order valence-corrected chi connectivity index (χ4v) is 3.90. The number of ether oxygens (including phenoxy) is 1. The van der Waals surface area contributed by atoms with Crippen LogP contribution < -0.4 is 10.5 Å². The molecule has 29 heavy (non-hydrogen) atoms. The highest BCUT2D eigenvalue weighted by Crippen LogP contribution is 2.15. The highest BCUT2D eigenvalue weighted by Gasteiger charge is 1.97. The summed E-state index contributed by atoms with van der Waals surface area (Å²) in [4.78, 5) is 0. The zero-order valence-electron chi connectivity index (χ0n) is 19.4. The third-order valence-electron chi connectivity index (χ3n) is 5.86. The Balaban J connectivity index is 1.79. The van der Waals surface area contributed by atoms with Crippen LogP contribution in [0.2, 0.25) is 0 Å². The van der Waals surface area contributed by atoms with Gasteiger partial charge in [0.05, 0.1) is 6.61 Å². The molecule has 0 aliphatic carbocycles. The Labute approximate surface area is 182 Å². The average molecular weight is 404 g/mol. The molecule has 0 aliphatic heterocycles. The lowest BCUT2D eigenvalue weighted by Gasteiger charge is -2.07. The summed E-state index contributed by atoms with van der Waals surface area (Å²) in [5, 5.41) is 0. The van der Waals surface area contributed by atoms with Gasteiger partial charge in [0.1, 0.15) is 5.75 Å². The van der Waals surface area contributed by atoms with Gasteiger partial charge in [0.15, 0.2) is 0 Å². The molecule has 0 heterocycles. The van der Waals surface area contributed by atoms with E-state index in [0.717, 1.165) is 31.7 Å². The normalized spacial score (nSPS) is 11.1. The summed E-state index contributed by atoms with van der Waals surface area (Å²) in [7, 11) is 0. The van der Waals surface area contributed by atoms with E-state index in [1.54, 1.807) is 0 Å². The van der Waals surface area contributed by atoms with Gasteiger partial charge in [0.25, 0.3) is 0 Å².